The lowest BCUT2D eigenvalue weighted by Gasteiger charge is -2.10. The van der Waals surface area contributed by atoms with Crippen molar-refractivity contribution in [3.8, 4) is 0 Å². The highest BCUT2D eigenvalue weighted by molar-refractivity contribution is 5.96. The van der Waals surface area contributed by atoms with Crippen LogP contribution >= 0.6 is 0 Å². The van der Waals surface area contributed by atoms with E-state index in [2.05, 4.69) is 20.9 Å². The van der Waals surface area contributed by atoms with E-state index in [-0.39, 0.29) is 11.8 Å². The van der Waals surface area contributed by atoms with Gasteiger partial charge in [0.2, 0.25) is 11.8 Å². The number of aromatic nitrogens is 1. The van der Waals surface area contributed by atoms with Crippen molar-refractivity contribution >= 4 is 45.5 Å². The SMILES string of the molecule is CC(=O)Nc1ccc(Nc2ccc(NC(=O)Cc3c[nH]c4ccccc34)cc2)cc1. The fourth-order valence-electron chi connectivity index (χ4n) is 3.30. The summed E-state index contributed by atoms with van der Waals surface area (Å²) in [6.07, 6.45) is 2.19. The van der Waals surface area contributed by atoms with Gasteiger partial charge in [0.25, 0.3) is 0 Å². The van der Waals surface area contributed by atoms with Gasteiger partial charge in [-0.1, -0.05) is 18.2 Å². The standard InChI is InChI=1S/C24H22N4O2/c1-16(29)26-18-6-8-19(9-7-18)27-20-10-12-21(13-11-20)28-24(30)14-17-15-25-23-5-3-2-4-22(17)23/h2-13,15,25,27H,14H2,1H3,(H,26,29)(H,28,30). The number of amides is 2. The predicted molar refractivity (Wildman–Crippen MR) is 121 cm³/mol. The van der Waals surface area contributed by atoms with E-state index in [4.69, 9.17) is 0 Å². The summed E-state index contributed by atoms with van der Waals surface area (Å²) in [4.78, 5) is 26.7. The normalized spacial score (nSPS) is 10.6. The quantitative estimate of drug-likeness (QED) is 0.367. The Morgan fingerprint density at radius 3 is 1.97 bits per heavy atom. The maximum absolute atomic E-state index is 12.4. The van der Waals surface area contributed by atoms with Crippen LogP contribution in [0.2, 0.25) is 0 Å². The zero-order valence-electron chi connectivity index (χ0n) is 16.5. The molecule has 0 fully saturated rings. The summed E-state index contributed by atoms with van der Waals surface area (Å²) in [5.74, 6) is -0.160. The van der Waals surface area contributed by atoms with Crippen molar-refractivity contribution in [3.05, 3.63) is 84.6 Å². The minimum Gasteiger partial charge on any atom is -0.361 e. The topological polar surface area (TPSA) is 86.0 Å². The van der Waals surface area contributed by atoms with Gasteiger partial charge in [-0.2, -0.15) is 0 Å². The fourth-order valence-corrected chi connectivity index (χ4v) is 3.30. The first kappa shape index (κ1) is 19.3. The molecule has 6 nitrogen and oxygen atoms in total. The van der Waals surface area contributed by atoms with Crippen LogP contribution in [-0.2, 0) is 16.0 Å². The van der Waals surface area contributed by atoms with Gasteiger partial charge in [-0.25, -0.2) is 0 Å². The molecule has 0 aliphatic heterocycles. The minimum absolute atomic E-state index is 0.0611. The number of rotatable bonds is 6. The average molecular weight is 398 g/mol. The Hall–Kier alpha value is -4.06. The molecule has 1 aromatic heterocycles. The van der Waals surface area contributed by atoms with Gasteiger partial charge in [-0.3, -0.25) is 9.59 Å². The fraction of sp³-hybridized carbons (Fsp3) is 0.0833. The Morgan fingerprint density at radius 2 is 1.33 bits per heavy atom. The van der Waals surface area contributed by atoms with Crippen molar-refractivity contribution in [2.24, 2.45) is 0 Å². The summed E-state index contributed by atoms with van der Waals surface area (Å²) in [5.41, 5.74) is 5.30. The van der Waals surface area contributed by atoms with E-state index in [0.29, 0.717) is 6.42 Å². The summed E-state index contributed by atoms with van der Waals surface area (Å²) < 4.78 is 0. The second kappa shape index (κ2) is 8.53. The molecular weight excluding hydrogens is 376 g/mol. The molecule has 4 N–H and O–H groups in total. The highest BCUT2D eigenvalue weighted by Crippen LogP contribution is 2.22. The largest absolute Gasteiger partial charge is 0.361 e. The number of hydrogen-bond acceptors (Lipinski definition) is 3. The van der Waals surface area contributed by atoms with Gasteiger partial charge < -0.3 is 20.9 Å². The molecule has 30 heavy (non-hydrogen) atoms. The number of carbonyl (C=O) groups excluding carboxylic acids is 2. The molecule has 0 saturated heterocycles. The molecule has 4 aromatic rings. The Bertz CT molecular complexity index is 1180. The van der Waals surface area contributed by atoms with Gasteiger partial charge in [0.05, 0.1) is 6.42 Å². The summed E-state index contributed by atoms with van der Waals surface area (Å²) in [7, 11) is 0. The van der Waals surface area contributed by atoms with Crippen LogP contribution in [0.5, 0.6) is 0 Å². The second-order valence-electron chi connectivity index (χ2n) is 7.05. The first-order valence-corrected chi connectivity index (χ1v) is 9.66. The molecule has 1 heterocycles. The first-order valence-electron chi connectivity index (χ1n) is 9.66. The van der Waals surface area contributed by atoms with E-state index in [0.717, 1.165) is 39.2 Å². The van der Waals surface area contributed by atoms with Gasteiger partial charge in [-0.05, 0) is 60.2 Å². The number of nitrogens with one attached hydrogen (secondary N) is 4. The van der Waals surface area contributed by atoms with Crippen LogP contribution in [0.25, 0.3) is 10.9 Å². The van der Waals surface area contributed by atoms with Crippen LogP contribution in [0.1, 0.15) is 12.5 Å². The molecule has 4 rings (SSSR count). The second-order valence-corrected chi connectivity index (χ2v) is 7.05. The van der Waals surface area contributed by atoms with Crippen molar-refractivity contribution < 1.29 is 9.59 Å². The van der Waals surface area contributed by atoms with E-state index in [1.807, 2.05) is 79.0 Å². The lowest BCUT2D eigenvalue weighted by Crippen LogP contribution is -2.14. The Labute approximate surface area is 174 Å². The predicted octanol–water partition coefficient (Wildman–Crippen LogP) is 5.05. The molecule has 0 bridgehead atoms. The summed E-state index contributed by atoms with van der Waals surface area (Å²) >= 11 is 0. The summed E-state index contributed by atoms with van der Waals surface area (Å²) in [6, 6.07) is 22.9. The summed E-state index contributed by atoms with van der Waals surface area (Å²) in [6.45, 7) is 1.48. The number of anilines is 4. The Balaban J connectivity index is 1.35. The molecule has 0 atom stereocenters. The van der Waals surface area contributed by atoms with Crippen LogP contribution in [0.3, 0.4) is 0 Å². The van der Waals surface area contributed by atoms with Gasteiger partial charge in [0.15, 0.2) is 0 Å². The lowest BCUT2D eigenvalue weighted by atomic mass is 10.1. The first-order chi connectivity index (χ1) is 14.6. The van der Waals surface area contributed by atoms with Crippen LogP contribution in [0.4, 0.5) is 22.7 Å². The van der Waals surface area contributed by atoms with E-state index in [9.17, 15) is 9.59 Å². The number of carbonyl (C=O) groups is 2. The molecule has 0 unspecified atom stereocenters. The molecule has 0 radical (unpaired) electrons. The summed E-state index contributed by atoms with van der Waals surface area (Å²) in [5, 5.41) is 10.0. The number of aromatic amines is 1. The molecular formula is C24H22N4O2. The number of para-hydroxylation sites is 1. The molecule has 3 aromatic carbocycles. The van der Waals surface area contributed by atoms with Gasteiger partial charge in [-0.15, -0.1) is 0 Å². The van der Waals surface area contributed by atoms with Gasteiger partial charge in [0, 0.05) is 46.8 Å². The van der Waals surface area contributed by atoms with Crippen LogP contribution in [-0.4, -0.2) is 16.8 Å². The number of H-pyrrole nitrogens is 1. The van der Waals surface area contributed by atoms with Crippen LogP contribution < -0.4 is 16.0 Å². The van der Waals surface area contributed by atoms with Crippen LogP contribution in [0, 0.1) is 0 Å². The monoisotopic (exact) mass is 398 g/mol. The van der Waals surface area contributed by atoms with E-state index < -0.39 is 0 Å². The molecule has 0 saturated carbocycles. The van der Waals surface area contributed by atoms with Crippen LogP contribution in [0.15, 0.2) is 79.0 Å². The van der Waals surface area contributed by atoms with E-state index in [1.165, 1.54) is 6.92 Å². The smallest absolute Gasteiger partial charge is 0.228 e. The molecule has 6 heteroatoms. The highest BCUT2D eigenvalue weighted by Gasteiger charge is 2.09. The number of fused-ring (bicyclic) bond motifs is 1. The molecule has 2 amide bonds. The zero-order valence-corrected chi connectivity index (χ0v) is 16.5. The maximum atomic E-state index is 12.4. The average Bonchev–Trinajstić information content (AvgIpc) is 3.13. The van der Waals surface area contributed by atoms with Gasteiger partial charge in [0.1, 0.15) is 0 Å². The van der Waals surface area contributed by atoms with E-state index in [1.54, 1.807) is 0 Å². The molecule has 0 spiro atoms. The lowest BCUT2D eigenvalue weighted by molar-refractivity contribution is -0.116. The Kier molecular flexibility index (Phi) is 5.48. The van der Waals surface area contributed by atoms with Crippen molar-refractivity contribution in [1.82, 2.24) is 4.98 Å². The highest BCUT2D eigenvalue weighted by atomic mass is 16.2. The van der Waals surface area contributed by atoms with Crippen molar-refractivity contribution in [2.75, 3.05) is 16.0 Å². The number of benzene rings is 3. The number of hydrogen-bond donors (Lipinski definition) is 4. The van der Waals surface area contributed by atoms with E-state index >= 15 is 0 Å². The maximum Gasteiger partial charge on any atom is 0.228 e. The van der Waals surface area contributed by atoms with Crippen molar-refractivity contribution in [3.63, 3.8) is 0 Å². The molecule has 0 aliphatic carbocycles. The van der Waals surface area contributed by atoms with Crippen molar-refractivity contribution in [2.45, 2.75) is 13.3 Å². The third-order valence-electron chi connectivity index (χ3n) is 4.69. The molecule has 150 valence electrons. The third kappa shape index (κ3) is 4.67. The van der Waals surface area contributed by atoms with Crippen molar-refractivity contribution in [1.29, 1.82) is 0 Å². The third-order valence-corrected chi connectivity index (χ3v) is 4.69. The van der Waals surface area contributed by atoms with Gasteiger partial charge >= 0.3 is 0 Å². The molecule has 0 aliphatic rings. The minimum atomic E-state index is -0.0990. The zero-order chi connectivity index (χ0) is 20.9. The Morgan fingerprint density at radius 1 is 0.767 bits per heavy atom.